The third-order valence-corrected chi connectivity index (χ3v) is 5.78. The summed E-state index contributed by atoms with van der Waals surface area (Å²) in [5.41, 5.74) is 0.879. The Morgan fingerprint density at radius 3 is 1.98 bits per heavy atom. The number of nitrogens with one attached hydrogen (secondary N) is 1. The molecule has 43 heavy (non-hydrogen) atoms. The summed E-state index contributed by atoms with van der Waals surface area (Å²) in [6, 6.07) is 5.75. The zero-order valence-corrected chi connectivity index (χ0v) is 25.0. The summed E-state index contributed by atoms with van der Waals surface area (Å²) < 4.78 is 89.3. The quantitative estimate of drug-likeness (QED) is 0.178. The molecule has 6 nitrogen and oxygen atoms in total. The minimum Gasteiger partial charge on any atom is -0.370 e. The number of hydrogen-bond acceptors (Lipinski definition) is 5. The van der Waals surface area contributed by atoms with Crippen molar-refractivity contribution in [3.05, 3.63) is 77.8 Å². The van der Waals surface area contributed by atoms with Crippen LogP contribution in [0.4, 0.5) is 36.4 Å². The molecule has 0 amide bonds. The lowest BCUT2D eigenvalue weighted by Crippen LogP contribution is -2.30. The van der Waals surface area contributed by atoms with Gasteiger partial charge in [-0.05, 0) is 58.2 Å². The number of alkyl halides is 3. The van der Waals surface area contributed by atoms with Crippen molar-refractivity contribution in [3.63, 3.8) is 0 Å². The molecular formula is C30H38F7N5O. The zero-order chi connectivity index (χ0) is 32.7. The molecule has 238 valence electrons. The van der Waals surface area contributed by atoms with Crippen molar-refractivity contribution < 1.29 is 35.8 Å². The fourth-order valence-electron chi connectivity index (χ4n) is 3.64. The van der Waals surface area contributed by atoms with E-state index in [1.807, 2.05) is 11.8 Å². The standard InChI is InChI=1S/C25H27F4N5.C4H10.CHF3O/c1-5-33(11-10-30-4)19-13-22(28)25(23(29)14-19)34-15-21(20(17(3)27)12-16(2)26)24(32-34)18-6-8-31-9-7-18;1-3-4-2;2-1(3,4)5/h6-9,12-15,30H,5,10-11H2,1-4H3;3-4H2,1-2H3;5H/b16-12+,20-17-;;. The fourth-order valence-corrected chi connectivity index (χ4v) is 3.64. The second kappa shape index (κ2) is 18.1. The smallest absolute Gasteiger partial charge is 0.370 e. The van der Waals surface area contributed by atoms with E-state index in [9.17, 15) is 22.0 Å². The number of pyridine rings is 1. The normalized spacial score (nSPS) is 12.1. The van der Waals surface area contributed by atoms with Crippen LogP contribution < -0.4 is 10.2 Å². The minimum absolute atomic E-state index is 0.0697. The molecule has 0 fully saturated rings. The van der Waals surface area contributed by atoms with E-state index < -0.39 is 35.3 Å². The molecule has 3 rings (SSSR count). The SMILES string of the molecule is CCCC.CCN(CCNC)c1cc(F)c(-n2cc(C(/C=C(\C)F)=C(/C)F)c(-c3ccncc3)n2)c(F)c1.OC(F)(F)F. The number of rotatable bonds is 10. The fraction of sp³-hybridized carbons (Fsp3) is 0.400. The van der Waals surface area contributed by atoms with E-state index in [1.54, 1.807) is 19.2 Å². The lowest BCUT2D eigenvalue weighted by Gasteiger charge is -2.23. The van der Waals surface area contributed by atoms with Gasteiger partial charge in [0.05, 0.1) is 5.83 Å². The van der Waals surface area contributed by atoms with Crippen LogP contribution in [0.2, 0.25) is 0 Å². The van der Waals surface area contributed by atoms with E-state index >= 15 is 8.78 Å². The topological polar surface area (TPSA) is 66.2 Å². The van der Waals surface area contributed by atoms with Crippen LogP contribution in [-0.2, 0) is 0 Å². The molecule has 0 saturated heterocycles. The molecule has 0 unspecified atom stereocenters. The minimum atomic E-state index is -5.00. The van der Waals surface area contributed by atoms with Gasteiger partial charge in [-0.25, -0.2) is 22.2 Å². The Labute approximate surface area is 247 Å². The number of likely N-dealkylation sites (N-methyl/N-ethyl adjacent to an activating group) is 2. The number of unbranched alkanes of at least 4 members (excludes halogenated alkanes) is 1. The molecule has 13 heteroatoms. The molecule has 2 N–H and O–H groups in total. The van der Waals surface area contributed by atoms with Crippen molar-refractivity contribution in [2.45, 2.75) is 53.8 Å². The van der Waals surface area contributed by atoms with Gasteiger partial charge in [-0.1, -0.05) is 26.7 Å². The van der Waals surface area contributed by atoms with Gasteiger partial charge in [0.25, 0.3) is 0 Å². The Hall–Kier alpha value is -3.71. The van der Waals surface area contributed by atoms with Crippen molar-refractivity contribution in [1.82, 2.24) is 20.1 Å². The maximum Gasteiger partial charge on any atom is 0.519 e. The van der Waals surface area contributed by atoms with Gasteiger partial charge < -0.3 is 15.3 Å². The molecule has 0 spiro atoms. The largest absolute Gasteiger partial charge is 0.519 e. The van der Waals surface area contributed by atoms with Gasteiger partial charge in [0.1, 0.15) is 17.2 Å². The summed E-state index contributed by atoms with van der Waals surface area (Å²) in [4.78, 5) is 5.79. The first-order chi connectivity index (χ1) is 20.2. The maximum absolute atomic E-state index is 15.2. The molecule has 0 radical (unpaired) electrons. The van der Waals surface area contributed by atoms with E-state index in [-0.39, 0.29) is 16.8 Å². The van der Waals surface area contributed by atoms with E-state index in [2.05, 4.69) is 29.2 Å². The molecule has 1 aromatic carbocycles. The summed E-state index contributed by atoms with van der Waals surface area (Å²) in [6.45, 7) is 10.4. The molecule has 0 aliphatic carbocycles. The van der Waals surface area contributed by atoms with E-state index in [4.69, 9.17) is 5.11 Å². The number of nitrogens with zero attached hydrogens (tertiary/aromatic N) is 4. The predicted molar refractivity (Wildman–Crippen MR) is 156 cm³/mol. The van der Waals surface area contributed by atoms with Crippen LogP contribution in [-0.4, -0.2) is 52.9 Å². The summed E-state index contributed by atoms with van der Waals surface area (Å²) in [7, 11) is 1.80. The zero-order valence-electron chi connectivity index (χ0n) is 25.0. The van der Waals surface area contributed by atoms with Gasteiger partial charge in [0, 0.05) is 60.6 Å². The van der Waals surface area contributed by atoms with Crippen molar-refractivity contribution in [1.29, 1.82) is 0 Å². The first-order valence-electron chi connectivity index (χ1n) is 13.6. The Morgan fingerprint density at radius 2 is 1.56 bits per heavy atom. The molecule has 0 aliphatic heterocycles. The average Bonchev–Trinajstić information content (AvgIpc) is 3.35. The lowest BCUT2D eigenvalue weighted by atomic mass is 10.0. The second-order valence-electron chi connectivity index (χ2n) is 9.16. The number of aliphatic hydroxyl groups is 1. The maximum atomic E-state index is 15.2. The van der Waals surface area contributed by atoms with Crippen LogP contribution in [0.25, 0.3) is 22.5 Å². The Balaban J connectivity index is 0.000000899. The molecule has 2 aromatic heterocycles. The monoisotopic (exact) mass is 617 g/mol. The highest BCUT2D eigenvalue weighted by molar-refractivity contribution is 5.84. The average molecular weight is 618 g/mol. The Morgan fingerprint density at radius 1 is 1.02 bits per heavy atom. The number of halogens is 7. The van der Waals surface area contributed by atoms with Crippen LogP contribution in [0.1, 0.15) is 53.0 Å². The summed E-state index contributed by atoms with van der Waals surface area (Å²) in [6.07, 6.45) is 2.99. The van der Waals surface area contributed by atoms with Gasteiger partial charge in [-0.2, -0.15) is 5.10 Å². The van der Waals surface area contributed by atoms with Gasteiger partial charge in [-0.3, -0.25) is 4.98 Å². The van der Waals surface area contributed by atoms with E-state index in [1.165, 1.54) is 57.4 Å². The highest BCUT2D eigenvalue weighted by atomic mass is 19.4. The number of benzene rings is 1. The highest BCUT2D eigenvalue weighted by Crippen LogP contribution is 2.34. The summed E-state index contributed by atoms with van der Waals surface area (Å²) in [5.74, 6) is -2.93. The van der Waals surface area contributed by atoms with Crippen LogP contribution >= 0.6 is 0 Å². The summed E-state index contributed by atoms with van der Waals surface area (Å²) in [5, 5.41) is 13.9. The van der Waals surface area contributed by atoms with Crippen LogP contribution in [0.3, 0.4) is 0 Å². The Bertz CT molecular complexity index is 1300. The van der Waals surface area contributed by atoms with Crippen molar-refractivity contribution >= 4 is 11.3 Å². The van der Waals surface area contributed by atoms with Gasteiger partial charge in [-0.15, -0.1) is 13.2 Å². The van der Waals surface area contributed by atoms with E-state index in [0.717, 1.165) is 10.8 Å². The third kappa shape index (κ3) is 12.6. The summed E-state index contributed by atoms with van der Waals surface area (Å²) >= 11 is 0. The molecule has 0 saturated carbocycles. The first-order valence-corrected chi connectivity index (χ1v) is 13.6. The number of anilines is 1. The van der Waals surface area contributed by atoms with Crippen LogP contribution in [0.5, 0.6) is 0 Å². The molecule has 0 atom stereocenters. The van der Waals surface area contributed by atoms with Crippen molar-refractivity contribution in [3.8, 4) is 16.9 Å². The number of hydrogen-bond donors (Lipinski definition) is 2. The van der Waals surface area contributed by atoms with Gasteiger partial charge in [0.15, 0.2) is 11.6 Å². The van der Waals surface area contributed by atoms with Gasteiger partial charge >= 0.3 is 6.36 Å². The van der Waals surface area contributed by atoms with Crippen LogP contribution in [0, 0.1) is 11.6 Å². The van der Waals surface area contributed by atoms with Crippen molar-refractivity contribution in [2.75, 3.05) is 31.6 Å². The first kappa shape index (κ1) is 37.3. The second-order valence-corrected chi connectivity index (χ2v) is 9.16. The van der Waals surface area contributed by atoms with Gasteiger partial charge in [0.2, 0.25) is 0 Å². The Kier molecular flexibility index (Phi) is 15.7. The molecule has 2 heterocycles. The molecular weight excluding hydrogens is 579 g/mol. The number of allylic oxidation sites excluding steroid dienone is 4. The predicted octanol–water partition coefficient (Wildman–Crippen LogP) is 8.14. The van der Waals surface area contributed by atoms with Crippen LogP contribution in [0.15, 0.2) is 60.6 Å². The molecule has 0 aliphatic rings. The molecule has 0 bridgehead atoms. The van der Waals surface area contributed by atoms with Crippen molar-refractivity contribution in [2.24, 2.45) is 0 Å². The van der Waals surface area contributed by atoms with E-state index in [0.29, 0.717) is 30.9 Å². The molecule has 3 aromatic rings. The highest BCUT2D eigenvalue weighted by Gasteiger charge is 2.22. The number of aromatic nitrogens is 3. The lowest BCUT2D eigenvalue weighted by molar-refractivity contribution is -0.295. The third-order valence-electron chi connectivity index (χ3n) is 5.78.